The van der Waals surface area contributed by atoms with Gasteiger partial charge in [-0.2, -0.15) is 10.1 Å². The van der Waals surface area contributed by atoms with Crippen molar-refractivity contribution in [2.45, 2.75) is 26.2 Å². The lowest BCUT2D eigenvalue weighted by atomic mass is 9.99. The maximum Gasteiger partial charge on any atom is 0.274 e. The number of amides is 1. The molecule has 1 aliphatic rings. The number of rotatable bonds is 9. The summed E-state index contributed by atoms with van der Waals surface area (Å²) in [4.78, 5) is 37.4. The van der Waals surface area contributed by atoms with Crippen LogP contribution in [0.5, 0.6) is 0 Å². The largest absolute Gasteiger partial charge is 0.371 e. The van der Waals surface area contributed by atoms with Crippen LogP contribution in [0.15, 0.2) is 85.5 Å². The molecule has 3 aromatic carbocycles. The molecule has 0 atom stereocenters. The zero-order valence-corrected chi connectivity index (χ0v) is 24.3. The molecule has 2 aromatic heterocycles. The third kappa shape index (κ3) is 6.34. The first-order valence-corrected chi connectivity index (χ1v) is 14.6. The summed E-state index contributed by atoms with van der Waals surface area (Å²) in [5.41, 5.74) is 4.53. The molecule has 9 nitrogen and oxygen atoms in total. The van der Waals surface area contributed by atoms with E-state index in [2.05, 4.69) is 56.4 Å². The average Bonchev–Trinajstić information content (AvgIpc) is 3.45. The van der Waals surface area contributed by atoms with Gasteiger partial charge in [-0.1, -0.05) is 43.8 Å². The molecule has 1 amide bonds. The number of fused-ring (bicyclic) bond motifs is 1. The standard InChI is InChI=1S/C34H32FN7O2/c1-3-28(43)18-22-7-4-8-23(17-22)30-29-31(33(44)36-25-10-5-9-24(35)19-25)40-41-32(29)39-34(38-30)37-26-11-6-12-27(20-26)42-15-13-21(2)14-16-42/h3-12,17,19-21H,1,13-16,18H2,2H3,(H,36,44)(H2,37,38,39,40,41). The molecule has 0 spiro atoms. The summed E-state index contributed by atoms with van der Waals surface area (Å²) >= 11 is 0. The Hall–Kier alpha value is -5.38. The van der Waals surface area contributed by atoms with Gasteiger partial charge in [0, 0.05) is 42.1 Å². The molecule has 10 heteroatoms. The fourth-order valence-corrected chi connectivity index (χ4v) is 5.39. The number of H-pyrrole nitrogens is 1. The number of ketones is 1. The fourth-order valence-electron chi connectivity index (χ4n) is 5.39. The van der Waals surface area contributed by atoms with E-state index < -0.39 is 11.7 Å². The maximum absolute atomic E-state index is 13.8. The molecule has 5 aromatic rings. The second kappa shape index (κ2) is 12.5. The van der Waals surface area contributed by atoms with Gasteiger partial charge < -0.3 is 15.5 Å². The predicted molar refractivity (Wildman–Crippen MR) is 171 cm³/mol. The third-order valence-corrected chi connectivity index (χ3v) is 7.78. The summed E-state index contributed by atoms with van der Waals surface area (Å²) in [6, 6.07) is 21.2. The van der Waals surface area contributed by atoms with E-state index in [9.17, 15) is 14.0 Å². The molecule has 1 fully saturated rings. The molecule has 3 heterocycles. The van der Waals surface area contributed by atoms with Crippen LogP contribution in [0.25, 0.3) is 22.3 Å². The molecular formula is C34H32FN7O2. The van der Waals surface area contributed by atoms with Crippen molar-refractivity contribution in [3.63, 3.8) is 0 Å². The van der Waals surface area contributed by atoms with Crippen molar-refractivity contribution < 1.29 is 14.0 Å². The van der Waals surface area contributed by atoms with E-state index in [0.717, 1.165) is 48.8 Å². The lowest BCUT2D eigenvalue weighted by Crippen LogP contribution is -2.32. The molecule has 0 saturated carbocycles. The minimum absolute atomic E-state index is 0.112. The van der Waals surface area contributed by atoms with Gasteiger partial charge in [0.15, 0.2) is 11.4 Å². The number of aromatic amines is 1. The number of carbonyl (C=O) groups is 2. The number of aromatic nitrogens is 4. The van der Waals surface area contributed by atoms with Gasteiger partial charge in [0.05, 0.1) is 11.1 Å². The Bertz CT molecular complexity index is 1860. The van der Waals surface area contributed by atoms with Crippen LogP contribution in [-0.2, 0) is 11.2 Å². The lowest BCUT2D eigenvalue weighted by molar-refractivity contribution is -0.114. The molecule has 0 aliphatic carbocycles. The number of nitrogens with one attached hydrogen (secondary N) is 3. The summed E-state index contributed by atoms with van der Waals surface area (Å²) in [6.45, 7) is 7.88. The topological polar surface area (TPSA) is 116 Å². The van der Waals surface area contributed by atoms with Crippen molar-refractivity contribution in [2.24, 2.45) is 5.92 Å². The monoisotopic (exact) mass is 589 g/mol. The van der Waals surface area contributed by atoms with Crippen molar-refractivity contribution in [1.29, 1.82) is 0 Å². The molecule has 6 rings (SSSR count). The van der Waals surface area contributed by atoms with Gasteiger partial charge in [0.1, 0.15) is 11.5 Å². The van der Waals surface area contributed by atoms with Gasteiger partial charge in [0.25, 0.3) is 5.91 Å². The molecule has 1 saturated heterocycles. The maximum atomic E-state index is 13.8. The molecule has 0 bridgehead atoms. The van der Waals surface area contributed by atoms with Crippen molar-refractivity contribution in [1.82, 2.24) is 20.2 Å². The minimum atomic E-state index is -0.523. The highest BCUT2D eigenvalue weighted by molar-refractivity contribution is 6.13. The Kier molecular flexibility index (Phi) is 8.14. The number of nitrogens with zero attached hydrogens (tertiary/aromatic N) is 4. The Labute approximate surface area is 254 Å². The van der Waals surface area contributed by atoms with Crippen molar-refractivity contribution >= 4 is 45.7 Å². The van der Waals surface area contributed by atoms with Crippen molar-refractivity contribution in [2.75, 3.05) is 28.6 Å². The van der Waals surface area contributed by atoms with Gasteiger partial charge >= 0.3 is 0 Å². The zero-order valence-electron chi connectivity index (χ0n) is 24.3. The van der Waals surface area contributed by atoms with Gasteiger partial charge in [-0.25, -0.2) is 9.37 Å². The van der Waals surface area contributed by atoms with Crippen LogP contribution >= 0.6 is 0 Å². The number of allylic oxidation sites excluding steroid dienone is 1. The molecule has 44 heavy (non-hydrogen) atoms. The molecule has 222 valence electrons. The molecular weight excluding hydrogens is 557 g/mol. The normalized spacial score (nSPS) is 13.5. The first kappa shape index (κ1) is 28.7. The van der Waals surface area contributed by atoms with Crippen molar-refractivity contribution in [3.05, 3.63) is 103 Å². The molecule has 0 unspecified atom stereocenters. The van der Waals surface area contributed by atoms with Crippen LogP contribution in [0.1, 0.15) is 35.8 Å². The molecule has 0 radical (unpaired) electrons. The highest BCUT2D eigenvalue weighted by Crippen LogP contribution is 2.32. The van der Waals surface area contributed by atoms with E-state index in [4.69, 9.17) is 4.98 Å². The number of benzene rings is 3. The predicted octanol–water partition coefficient (Wildman–Crippen LogP) is 6.69. The summed E-state index contributed by atoms with van der Waals surface area (Å²) in [7, 11) is 0. The Morgan fingerprint density at radius 3 is 2.59 bits per heavy atom. The first-order chi connectivity index (χ1) is 21.4. The summed E-state index contributed by atoms with van der Waals surface area (Å²) in [6.07, 6.45) is 3.79. The number of halogens is 1. The van der Waals surface area contributed by atoms with Crippen LogP contribution < -0.4 is 15.5 Å². The average molecular weight is 590 g/mol. The summed E-state index contributed by atoms with van der Waals surface area (Å²) < 4.78 is 13.8. The number of piperidine rings is 1. The second-order valence-corrected chi connectivity index (χ2v) is 11.0. The van der Waals surface area contributed by atoms with Gasteiger partial charge in [-0.15, -0.1) is 0 Å². The van der Waals surface area contributed by atoms with Crippen molar-refractivity contribution in [3.8, 4) is 11.3 Å². The Balaban J connectivity index is 1.39. The van der Waals surface area contributed by atoms with Gasteiger partial charge in [-0.3, -0.25) is 14.7 Å². The van der Waals surface area contributed by atoms with Crippen LogP contribution in [0.3, 0.4) is 0 Å². The van der Waals surface area contributed by atoms with Crippen LogP contribution in [0.2, 0.25) is 0 Å². The summed E-state index contributed by atoms with van der Waals surface area (Å²) in [5.74, 6) is -0.0758. The third-order valence-electron chi connectivity index (χ3n) is 7.78. The van der Waals surface area contributed by atoms with Gasteiger partial charge in [0.2, 0.25) is 5.95 Å². The quantitative estimate of drug-likeness (QED) is 0.164. The molecule has 3 N–H and O–H groups in total. The Morgan fingerprint density at radius 1 is 1.02 bits per heavy atom. The second-order valence-electron chi connectivity index (χ2n) is 11.0. The number of carbonyl (C=O) groups excluding carboxylic acids is 2. The zero-order chi connectivity index (χ0) is 30.6. The highest BCUT2D eigenvalue weighted by atomic mass is 19.1. The van der Waals surface area contributed by atoms with Crippen LogP contribution in [0, 0.1) is 11.7 Å². The molecule has 1 aliphatic heterocycles. The van der Waals surface area contributed by atoms with E-state index in [-0.39, 0.29) is 23.5 Å². The number of hydrogen-bond acceptors (Lipinski definition) is 7. The van der Waals surface area contributed by atoms with E-state index >= 15 is 0 Å². The lowest BCUT2D eigenvalue weighted by Gasteiger charge is -2.32. The van der Waals surface area contributed by atoms with Gasteiger partial charge in [-0.05, 0) is 72.9 Å². The smallest absolute Gasteiger partial charge is 0.274 e. The minimum Gasteiger partial charge on any atom is -0.371 e. The number of hydrogen-bond donors (Lipinski definition) is 3. The van der Waals surface area contributed by atoms with E-state index in [0.29, 0.717) is 28.3 Å². The van der Waals surface area contributed by atoms with Crippen LogP contribution in [-0.4, -0.2) is 44.9 Å². The van der Waals surface area contributed by atoms with E-state index in [1.54, 1.807) is 6.07 Å². The Morgan fingerprint density at radius 2 is 1.80 bits per heavy atom. The number of anilines is 4. The van der Waals surface area contributed by atoms with E-state index in [1.807, 2.05) is 36.4 Å². The van der Waals surface area contributed by atoms with E-state index in [1.165, 1.54) is 24.3 Å². The fraction of sp³-hybridized carbons (Fsp3) is 0.206. The summed E-state index contributed by atoms with van der Waals surface area (Å²) in [5, 5.41) is 13.6. The SMILES string of the molecule is C=CC(=O)Cc1cccc(-c2nc(Nc3cccc(N4CCC(C)CC4)c3)nc3n[nH]c(C(=O)Nc4cccc(F)c4)c23)c1. The first-order valence-electron chi connectivity index (χ1n) is 14.6. The van der Waals surface area contributed by atoms with Crippen LogP contribution in [0.4, 0.5) is 27.4 Å². The highest BCUT2D eigenvalue weighted by Gasteiger charge is 2.22.